The number of carbonyl (C=O) groups is 4. The Morgan fingerprint density at radius 1 is 1.00 bits per heavy atom. The number of rotatable bonds is 11. The third-order valence-corrected chi connectivity index (χ3v) is 6.27. The number of ether oxygens (including phenoxy) is 4. The van der Waals surface area contributed by atoms with Crippen LogP contribution in [0.2, 0.25) is 0 Å². The Bertz CT molecular complexity index is 1660. The maximum absolute atomic E-state index is 13.0. The largest absolute Gasteiger partial charge is 0.464 e. The molecule has 1 aliphatic rings. The van der Waals surface area contributed by atoms with Gasteiger partial charge in [0.25, 0.3) is 10.9 Å². The lowest BCUT2D eigenvalue weighted by Crippen LogP contribution is -2.47. The molecule has 18 nitrogen and oxygen atoms in total. The van der Waals surface area contributed by atoms with Crippen molar-refractivity contribution in [1.29, 1.82) is 0 Å². The zero-order valence-electron chi connectivity index (χ0n) is 23.4. The fourth-order valence-electron chi connectivity index (χ4n) is 4.51. The normalized spacial score (nSPS) is 19.5. The van der Waals surface area contributed by atoms with Crippen LogP contribution in [0.25, 0.3) is 5.82 Å². The molecule has 4 rings (SSSR count). The predicted octanol–water partition coefficient (Wildman–Crippen LogP) is -1.79. The Morgan fingerprint density at radius 3 is 2.28 bits per heavy atom. The van der Waals surface area contributed by atoms with Crippen LogP contribution in [-0.4, -0.2) is 86.1 Å². The second kappa shape index (κ2) is 12.7. The molecule has 3 aromatic rings. The molecule has 1 saturated heterocycles. The van der Waals surface area contributed by atoms with Gasteiger partial charge in [0.2, 0.25) is 5.91 Å². The molecule has 1 aliphatic heterocycles. The molecule has 0 saturated carbocycles. The van der Waals surface area contributed by atoms with E-state index in [1.807, 2.05) is 0 Å². The molecule has 0 aliphatic carbocycles. The second-order valence-corrected chi connectivity index (χ2v) is 9.30. The number of nitrogens with zero attached hydrogens (tertiary/aromatic N) is 6. The molecule has 43 heavy (non-hydrogen) atoms. The molecular weight excluding hydrogens is 574 g/mol. The zero-order valence-corrected chi connectivity index (χ0v) is 23.4. The quantitative estimate of drug-likeness (QED) is 0.146. The first-order valence-electron chi connectivity index (χ1n) is 12.8. The average Bonchev–Trinajstić information content (AvgIpc) is 3.58. The number of carbonyl (C=O) groups excluding carboxylic acids is 4. The molecule has 228 valence electrons. The van der Waals surface area contributed by atoms with Gasteiger partial charge in [-0.1, -0.05) is 0 Å². The lowest BCUT2D eigenvalue weighted by molar-refractivity contribution is -0.165. The monoisotopic (exact) mass is 601 g/mol. The minimum Gasteiger partial charge on any atom is -0.464 e. The number of amides is 1. The van der Waals surface area contributed by atoms with Crippen LogP contribution in [0, 0.1) is 0 Å². The highest BCUT2D eigenvalue weighted by Crippen LogP contribution is 2.34. The molecule has 0 spiro atoms. The molecule has 1 fully saturated rings. The van der Waals surface area contributed by atoms with Crippen LogP contribution < -0.4 is 26.8 Å². The summed E-state index contributed by atoms with van der Waals surface area (Å²) in [7, 11) is 0. The van der Waals surface area contributed by atoms with Crippen molar-refractivity contribution in [2.45, 2.75) is 52.2 Å². The third kappa shape index (κ3) is 6.64. The van der Waals surface area contributed by atoms with E-state index in [4.69, 9.17) is 18.9 Å². The maximum Gasteiger partial charge on any atom is 0.351 e. The van der Waals surface area contributed by atoms with Gasteiger partial charge in [0.1, 0.15) is 36.7 Å². The summed E-state index contributed by atoms with van der Waals surface area (Å²) in [6, 6.07) is 1.43. The van der Waals surface area contributed by atoms with E-state index < -0.39 is 64.9 Å². The van der Waals surface area contributed by atoms with Gasteiger partial charge < -0.3 is 29.2 Å². The van der Waals surface area contributed by atoms with Crippen molar-refractivity contribution in [3.05, 3.63) is 55.8 Å². The van der Waals surface area contributed by atoms with Gasteiger partial charge in [0.15, 0.2) is 24.3 Å². The first-order chi connectivity index (χ1) is 20.4. The number of hydrogen-bond donors (Lipinski definition) is 1. The predicted molar refractivity (Wildman–Crippen MR) is 143 cm³/mol. The first-order valence-corrected chi connectivity index (χ1v) is 12.8. The summed E-state index contributed by atoms with van der Waals surface area (Å²) in [4.78, 5) is 94.0. The fraction of sp³-hybridized carbons (Fsp3) is 0.440. The Balaban J connectivity index is 1.62. The second-order valence-electron chi connectivity index (χ2n) is 9.30. The fourth-order valence-corrected chi connectivity index (χ4v) is 4.51. The van der Waals surface area contributed by atoms with Crippen molar-refractivity contribution < 1.29 is 38.1 Å². The van der Waals surface area contributed by atoms with E-state index in [1.54, 1.807) is 0 Å². The summed E-state index contributed by atoms with van der Waals surface area (Å²) < 4.78 is 24.0. The van der Waals surface area contributed by atoms with Crippen molar-refractivity contribution in [3.63, 3.8) is 0 Å². The zero-order chi connectivity index (χ0) is 31.4. The number of anilines is 2. The number of hydrogen-bond acceptors (Lipinski definition) is 15. The maximum atomic E-state index is 13.0. The van der Waals surface area contributed by atoms with Crippen LogP contribution >= 0.6 is 0 Å². The van der Waals surface area contributed by atoms with Crippen LogP contribution in [-0.2, 0) is 38.1 Å². The molecule has 0 bridgehead atoms. The molecule has 3 heterocycles. The van der Waals surface area contributed by atoms with E-state index in [0.717, 1.165) is 23.3 Å². The lowest BCUT2D eigenvalue weighted by Gasteiger charge is -2.26. The Hall–Kier alpha value is -5.26. The summed E-state index contributed by atoms with van der Waals surface area (Å²) in [6.07, 6.45) is -1.16. The summed E-state index contributed by atoms with van der Waals surface area (Å²) in [5.41, 5.74) is -3.15. The molecule has 0 radical (unpaired) electrons. The number of esters is 3. The highest BCUT2D eigenvalue weighted by Gasteiger charge is 2.50. The highest BCUT2D eigenvalue weighted by molar-refractivity contribution is 5.96. The van der Waals surface area contributed by atoms with Crippen LogP contribution in [0.5, 0.6) is 0 Å². The molecule has 1 aromatic carbocycles. The van der Waals surface area contributed by atoms with E-state index >= 15 is 0 Å². The molecule has 2 aromatic heterocycles. The van der Waals surface area contributed by atoms with Gasteiger partial charge in [-0.05, 0) is 6.07 Å². The molecule has 1 amide bonds. The van der Waals surface area contributed by atoms with Crippen LogP contribution in [0.4, 0.5) is 11.4 Å². The smallest absolute Gasteiger partial charge is 0.351 e. The third-order valence-electron chi connectivity index (χ3n) is 6.27. The number of nitrogens with one attached hydrogen (secondary N) is 1. The van der Waals surface area contributed by atoms with E-state index in [9.17, 15) is 33.6 Å². The van der Waals surface area contributed by atoms with E-state index in [1.165, 1.54) is 43.4 Å². The van der Waals surface area contributed by atoms with Crippen LogP contribution in [0.1, 0.15) is 33.9 Å². The van der Waals surface area contributed by atoms with Crippen LogP contribution in [0.3, 0.4) is 0 Å². The van der Waals surface area contributed by atoms with Crippen LogP contribution in [0.15, 0.2) is 39.3 Å². The van der Waals surface area contributed by atoms with Gasteiger partial charge in [-0.15, -0.1) is 0 Å². The van der Waals surface area contributed by atoms with Gasteiger partial charge in [-0.2, -0.15) is 10.1 Å². The van der Waals surface area contributed by atoms with Crippen molar-refractivity contribution in [2.24, 2.45) is 0 Å². The summed E-state index contributed by atoms with van der Waals surface area (Å²) in [5, 5.41) is 6.66. The van der Waals surface area contributed by atoms with E-state index in [2.05, 4.69) is 20.4 Å². The van der Waals surface area contributed by atoms with Gasteiger partial charge in [-0.25, -0.2) is 14.5 Å². The Kier molecular flexibility index (Phi) is 9.08. The van der Waals surface area contributed by atoms with Gasteiger partial charge in [-0.3, -0.25) is 33.3 Å². The highest BCUT2D eigenvalue weighted by atomic mass is 16.6. The van der Waals surface area contributed by atoms with Crippen molar-refractivity contribution >= 4 is 35.2 Å². The van der Waals surface area contributed by atoms with Crippen molar-refractivity contribution in [1.82, 2.24) is 24.3 Å². The average molecular weight is 602 g/mol. The standard InChI is InChI=1S/C25H27N7O11/c1-12(33)30(7-8-40-13(2)34)19-18(20(37)21(19)38)27-9-16-22(41-14(3)35)23(42-15(4)36)24(43-16)31-6-5-17(29-25(31)39)32-11-26-10-28-32/h5-6,10-11,16,22-24,27H,7-9H2,1-4H3/t16-,22-,23-,24-/m1/s1. The summed E-state index contributed by atoms with van der Waals surface area (Å²) in [6.45, 7) is 3.86. The lowest BCUT2D eigenvalue weighted by atomic mass is 10.1. The van der Waals surface area contributed by atoms with E-state index in [0.29, 0.717) is 0 Å². The SMILES string of the molecule is CC(=O)OCCN(C(C)=O)c1c(NC[C@H]2O[C@@H](n3ccc(-n4cncn4)nc3=O)[C@H](OC(C)=O)[C@@H]2OC(C)=O)c(=O)c1=O. The summed E-state index contributed by atoms with van der Waals surface area (Å²) >= 11 is 0. The molecule has 18 heteroatoms. The van der Waals surface area contributed by atoms with Gasteiger partial charge >= 0.3 is 23.6 Å². The molecule has 4 atom stereocenters. The molecule has 1 N–H and O–H groups in total. The number of aromatic nitrogens is 5. The van der Waals surface area contributed by atoms with Gasteiger partial charge in [0, 0.05) is 40.4 Å². The van der Waals surface area contributed by atoms with Crippen molar-refractivity contribution in [2.75, 3.05) is 29.9 Å². The Morgan fingerprint density at radius 2 is 1.70 bits per heavy atom. The first kappa shape index (κ1) is 30.7. The van der Waals surface area contributed by atoms with E-state index in [-0.39, 0.29) is 36.9 Å². The van der Waals surface area contributed by atoms with Crippen molar-refractivity contribution in [3.8, 4) is 5.82 Å². The molecular formula is C25H27N7O11. The minimum absolute atomic E-state index is 0.145. The summed E-state index contributed by atoms with van der Waals surface area (Å²) in [5.74, 6) is -2.56. The topological polar surface area (TPSA) is 220 Å². The molecule has 0 unspecified atom stereocenters. The minimum atomic E-state index is -1.32. The van der Waals surface area contributed by atoms with Gasteiger partial charge in [0.05, 0.1) is 6.54 Å². The Labute approximate surface area is 241 Å².